The van der Waals surface area contributed by atoms with Crippen molar-refractivity contribution in [2.45, 2.75) is 44.8 Å². The second kappa shape index (κ2) is 4.75. The van der Waals surface area contributed by atoms with E-state index < -0.39 is 0 Å². The lowest BCUT2D eigenvalue weighted by atomic mass is 10.0. The van der Waals surface area contributed by atoms with Gasteiger partial charge in [-0.25, -0.2) is 0 Å². The molecule has 1 saturated heterocycles. The van der Waals surface area contributed by atoms with Crippen LogP contribution < -0.4 is 11.1 Å². The molecule has 3 N–H and O–H groups in total. The maximum absolute atomic E-state index is 11.3. The first kappa shape index (κ1) is 11.5. The van der Waals surface area contributed by atoms with Crippen molar-refractivity contribution in [2.24, 2.45) is 5.73 Å². The third kappa shape index (κ3) is 3.64. The van der Waals surface area contributed by atoms with E-state index in [1.807, 2.05) is 13.8 Å². The highest BCUT2D eigenvalue weighted by molar-refractivity contribution is 5.76. The van der Waals surface area contributed by atoms with Crippen LogP contribution in [0, 0.1) is 0 Å². The van der Waals surface area contributed by atoms with Gasteiger partial charge in [0.15, 0.2) is 0 Å². The van der Waals surface area contributed by atoms with Crippen LogP contribution in [0.4, 0.5) is 0 Å². The average molecular weight is 200 g/mol. The van der Waals surface area contributed by atoms with E-state index in [-0.39, 0.29) is 17.6 Å². The lowest BCUT2D eigenvalue weighted by Gasteiger charge is -2.23. The van der Waals surface area contributed by atoms with Gasteiger partial charge in [-0.05, 0) is 26.7 Å². The Hall–Kier alpha value is -0.610. The van der Waals surface area contributed by atoms with Crippen molar-refractivity contribution < 1.29 is 9.53 Å². The van der Waals surface area contributed by atoms with Gasteiger partial charge in [0.25, 0.3) is 0 Å². The van der Waals surface area contributed by atoms with E-state index in [1.54, 1.807) is 0 Å². The van der Waals surface area contributed by atoms with Crippen LogP contribution >= 0.6 is 0 Å². The summed E-state index contributed by atoms with van der Waals surface area (Å²) < 4.78 is 5.55. The van der Waals surface area contributed by atoms with Gasteiger partial charge in [-0.1, -0.05) is 0 Å². The lowest BCUT2D eigenvalue weighted by molar-refractivity contribution is -0.122. The van der Waals surface area contributed by atoms with Crippen molar-refractivity contribution >= 4 is 5.91 Å². The number of hydrogen-bond acceptors (Lipinski definition) is 3. The van der Waals surface area contributed by atoms with Crippen LogP contribution in [0.3, 0.4) is 0 Å². The summed E-state index contributed by atoms with van der Waals surface area (Å²) in [6.45, 7) is 5.26. The van der Waals surface area contributed by atoms with Crippen LogP contribution in [-0.2, 0) is 9.53 Å². The van der Waals surface area contributed by atoms with Crippen LogP contribution in [0.5, 0.6) is 0 Å². The highest BCUT2D eigenvalue weighted by Gasteiger charge is 2.29. The molecule has 1 fully saturated rings. The first-order valence-electron chi connectivity index (χ1n) is 5.18. The molecule has 2 unspecified atom stereocenters. The largest absolute Gasteiger partial charge is 0.373 e. The summed E-state index contributed by atoms with van der Waals surface area (Å²) in [5.41, 5.74) is 5.36. The summed E-state index contributed by atoms with van der Waals surface area (Å²) in [6.07, 6.45) is 2.49. The number of nitrogens with two attached hydrogens (primary N) is 1. The number of ether oxygens (including phenoxy) is 1. The van der Waals surface area contributed by atoms with Gasteiger partial charge in [-0.15, -0.1) is 0 Å². The smallest absolute Gasteiger partial charge is 0.221 e. The number of rotatable bonds is 4. The van der Waals surface area contributed by atoms with E-state index in [9.17, 15) is 4.79 Å². The zero-order valence-electron chi connectivity index (χ0n) is 9.01. The first-order chi connectivity index (χ1) is 6.52. The molecule has 1 heterocycles. The van der Waals surface area contributed by atoms with Gasteiger partial charge < -0.3 is 15.8 Å². The summed E-state index contributed by atoms with van der Waals surface area (Å²) in [6, 6.07) is -0.0766. The van der Waals surface area contributed by atoms with Crippen molar-refractivity contribution in [3.63, 3.8) is 0 Å². The number of amides is 1. The molecule has 1 aliphatic heterocycles. The second-order valence-corrected chi connectivity index (χ2v) is 4.36. The molecule has 4 nitrogen and oxygen atoms in total. The SMILES string of the molecule is CC(N)CC(=O)NCC1(C)CCCO1. The molecule has 82 valence electrons. The fraction of sp³-hybridized carbons (Fsp3) is 0.900. The summed E-state index contributed by atoms with van der Waals surface area (Å²) in [4.78, 5) is 11.3. The molecule has 0 spiro atoms. The summed E-state index contributed by atoms with van der Waals surface area (Å²) in [7, 11) is 0. The van der Waals surface area contributed by atoms with Gasteiger partial charge in [0, 0.05) is 25.6 Å². The van der Waals surface area contributed by atoms with Crippen molar-refractivity contribution in [2.75, 3.05) is 13.2 Å². The third-order valence-electron chi connectivity index (χ3n) is 2.47. The fourth-order valence-corrected chi connectivity index (χ4v) is 1.63. The summed E-state index contributed by atoms with van der Waals surface area (Å²) >= 11 is 0. The minimum atomic E-state index is -0.159. The standard InChI is InChI=1S/C10H20N2O2/c1-8(11)6-9(13)12-7-10(2)4-3-5-14-10/h8H,3-7,11H2,1-2H3,(H,12,13). The van der Waals surface area contributed by atoms with E-state index in [0.717, 1.165) is 19.4 Å². The highest BCUT2D eigenvalue weighted by atomic mass is 16.5. The highest BCUT2D eigenvalue weighted by Crippen LogP contribution is 2.23. The van der Waals surface area contributed by atoms with Crippen molar-refractivity contribution in [3.05, 3.63) is 0 Å². The zero-order chi connectivity index (χ0) is 10.6. The monoisotopic (exact) mass is 200 g/mol. The number of carbonyl (C=O) groups excluding carboxylic acids is 1. The normalized spacial score (nSPS) is 28.8. The molecule has 0 saturated carbocycles. The van der Waals surface area contributed by atoms with Crippen LogP contribution in [-0.4, -0.2) is 30.7 Å². The molecule has 0 radical (unpaired) electrons. The maximum atomic E-state index is 11.3. The van der Waals surface area contributed by atoms with Crippen molar-refractivity contribution in [3.8, 4) is 0 Å². The lowest BCUT2D eigenvalue weighted by Crippen LogP contribution is -2.41. The van der Waals surface area contributed by atoms with E-state index in [0.29, 0.717) is 13.0 Å². The van der Waals surface area contributed by atoms with Crippen molar-refractivity contribution in [1.29, 1.82) is 0 Å². The number of nitrogens with one attached hydrogen (secondary N) is 1. The average Bonchev–Trinajstić information content (AvgIpc) is 2.49. The molecule has 1 aliphatic rings. The molecule has 0 aromatic carbocycles. The number of carbonyl (C=O) groups is 1. The summed E-state index contributed by atoms with van der Waals surface area (Å²) in [5.74, 6) is 0.0109. The Balaban J connectivity index is 2.22. The Morgan fingerprint density at radius 2 is 2.43 bits per heavy atom. The molecule has 2 atom stereocenters. The second-order valence-electron chi connectivity index (χ2n) is 4.36. The summed E-state index contributed by atoms with van der Waals surface area (Å²) in [5, 5.41) is 2.85. The molecule has 0 aliphatic carbocycles. The minimum Gasteiger partial charge on any atom is -0.373 e. The quantitative estimate of drug-likeness (QED) is 0.691. The predicted molar refractivity (Wildman–Crippen MR) is 54.9 cm³/mol. The van der Waals surface area contributed by atoms with E-state index in [4.69, 9.17) is 10.5 Å². The van der Waals surface area contributed by atoms with Gasteiger partial charge in [-0.2, -0.15) is 0 Å². The molecule has 1 amide bonds. The predicted octanol–water partition coefficient (Wildman–Crippen LogP) is 0.409. The topological polar surface area (TPSA) is 64.4 Å². The molecule has 0 aromatic rings. The van der Waals surface area contributed by atoms with Gasteiger partial charge in [0.2, 0.25) is 5.91 Å². The van der Waals surface area contributed by atoms with Gasteiger partial charge in [0.05, 0.1) is 5.60 Å². The molecule has 0 bridgehead atoms. The fourth-order valence-electron chi connectivity index (χ4n) is 1.63. The van der Waals surface area contributed by atoms with Gasteiger partial charge >= 0.3 is 0 Å². The Morgan fingerprint density at radius 1 is 1.71 bits per heavy atom. The number of hydrogen-bond donors (Lipinski definition) is 2. The molecule has 14 heavy (non-hydrogen) atoms. The Labute approximate surface area is 85.2 Å². The Morgan fingerprint density at radius 3 is 2.93 bits per heavy atom. The third-order valence-corrected chi connectivity index (χ3v) is 2.47. The van der Waals surface area contributed by atoms with E-state index in [1.165, 1.54) is 0 Å². The Kier molecular flexibility index (Phi) is 3.89. The minimum absolute atomic E-state index is 0.0109. The Bertz CT molecular complexity index is 198. The van der Waals surface area contributed by atoms with Gasteiger partial charge in [0.1, 0.15) is 0 Å². The van der Waals surface area contributed by atoms with Crippen molar-refractivity contribution in [1.82, 2.24) is 5.32 Å². The zero-order valence-corrected chi connectivity index (χ0v) is 9.01. The van der Waals surface area contributed by atoms with Gasteiger partial charge in [-0.3, -0.25) is 4.79 Å². The van der Waals surface area contributed by atoms with E-state index in [2.05, 4.69) is 5.32 Å². The molecular formula is C10H20N2O2. The van der Waals surface area contributed by atoms with Crippen LogP contribution in [0.2, 0.25) is 0 Å². The molecule has 0 aromatic heterocycles. The van der Waals surface area contributed by atoms with Crippen LogP contribution in [0.1, 0.15) is 33.1 Å². The van der Waals surface area contributed by atoms with Crippen LogP contribution in [0.15, 0.2) is 0 Å². The van der Waals surface area contributed by atoms with E-state index >= 15 is 0 Å². The maximum Gasteiger partial charge on any atom is 0.221 e. The first-order valence-corrected chi connectivity index (χ1v) is 5.18. The van der Waals surface area contributed by atoms with Crippen LogP contribution in [0.25, 0.3) is 0 Å². The molecular weight excluding hydrogens is 180 g/mol. The molecule has 4 heteroatoms. The molecule has 1 rings (SSSR count).